The van der Waals surface area contributed by atoms with Gasteiger partial charge in [-0.1, -0.05) is 23.7 Å². The molecule has 0 atom stereocenters. The number of pyridine rings is 1. The van der Waals surface area contributed by atoms with E-state index < -0.39 is 5.82 Å². The number of hydrogen-bond donors (Lipinski definition) is 2. The summed E-state index contributed by atoms with van der Waals surface area (Å²) in [5.41, 5.74) is 4.11. The maximum atomic E-state index is 15.3. The molecule has 1 aliphatic rings. The van der Waals surface area contributed by atoms with E-state index in [1.165, 1.54) is 31.5 Å². The van der Waals surface area contributed by atoms with Crippen LogP contribution in [0.25, 0.3) is 22.0 Å². The van der Waals surface area contributed by atoms with Crippen LogP contribution in [0.2, 0.25) is 5.02 Å². The van der Waals surface area contributed by atoms with E-state index in [2.05, 4.69) is 15.2 Å². The number of rotatable bonds is 8. The van der Waals surface area contributed by atoms with Crippen LogP contribution in [0.3, 0.4) is 0 Å². The molecule has 4 aromatic rings. The highest BCUT2D eigenvalue weighted by molar-refractivity contribution is 6.32. The van der Waals surface area contributed by atoms with E-state index in [1.807, 2.05) is 38.4 Å². The van der Waals surface area contributed by atoms with Gasteiger partial charge < -0.3 is 20.1 Å². The van der Waals surface area contributed by atoms with Crippen LogP contribution in [0, 0.1) is 11.7 Å². The molecule has 8 heteroatoms. The van der Waals surface area contributed by atoms with Crippen molar-refractivity contribution in [2.24, 2.45) is 5.92 Å². The number of anilines is 2. The van der Waals surface area contributed by atoms with E-state index in [9.17, 15) is 9.90 Å². The highest BCUT2D eigenvalue weighted by Crippen LogP contribution is 2.42. The Bertz CT molecular complexity index is 1500. The van der Waals surface area contributed by atoms with E-state index in [0.717, 1.165) is 30.6 Å². The number of ether oxygens (including phenoxy) is 1. The van der Waals surface area contributed by atoms with Gasteiger partial charge in [-0.15, -0.1) is 0 Å². The topological polar surface area (TPSA) is 74.7 Å². The Kier molecular flexibility index (Phi) is 6.75. The summed E-state index contributed by atoms with van der Waals surface area (Å²) in [6, 6.07) is 14.0. The lowest BCUT2D eigenvalue weighted by atomic mass is 9.98. The normalized spacial score (nSPS) is 13.2. The zero-order valence-corrected chi connectivity index (χ0v) is 21.6. The number of nitrogens with one attached hydrogen (secondary N) is 1. The number of aromatic hydroxyl groups is 1. The van der Waals surface area contributed by atoms with Gasteiger partial charge in [0.15, 0.2) is 17.3 Å². The number of benzene rings is 3. The summed E-state index contributed by atoms with van der Waals surface area (Å²) in [5.74, 6) is -0.574. The first-order valence-electron chi connectivity index (χ1n) is 12.0. The van der Waals surface area contributed by atoms with Crippen LogP contribution in [0.5, 0.6) is 11.5 Å². The second-order valence-electron chi connectivity index (χ2n) is 9.60. The first-order chi connectivity index (χ1) is 17.7. The molecule has 0 bridgehead atoms. The number of phenolic OH excluding ortho intramolecular Hbond substituents is 1. The summed E-state index contributed by atoms with van der Waals surface area (Å²) in [6.07, 6.45) is 3.25. The second-order valence-corrected chi connectivity index (χ2v) is 10.0. The Hall–Kier alpha value is -3.68. The van der Waals surface area contributed by atoms with Gasteiger partial charge in [-0.05, 0) is 68.4 Å². The number of ketones is 1. The van der Waals surface area contributed by atoms with Gasteiger partial charge >= 0.3 is 0 Å². The molecule has 5 rings (SSSR count). The van der Waals surface area contributed by atoms with E-state index >= 15 is 4.39 Å². The third kappa shape index (κ3) is 5.10. The predicted molar refractivity (Wildman–Crippen MR) is 145 cm³/mol. The van der Waals surface area contributed by atoms with Gasteiger partial charge in [0.2, 0.25) is 0 Å². The fourth-order valence-corrected chi connectivity index (χ4v) is 4.62. The van der Waals surface area contributed by atoms with Crippen molar-refractivity contribution in [1.82, 2.24) is 9.88 Å². The molecule has 1 aromatic heterocycles. The Balaban J connectivity index is 1.66. The monoisotopic (exact) mass is 519 g/mol. The zero-order valence-electron chi connectivity index (χ0n) is 20.8. The van der Waals surface area contributed by atoms with Gasteiger partial charge in [0.1, 0.15) is 5.82 Å². The fourth-order valence-electron chi connectivity index (χ4n) is 4.41. The van der Waals surface area contributed by atoms with Crippen LogP contribution in [-0.2, 0) is 6.54 Å². The van der Waals surface area contributed by atoms with Crippen molar-refractivity contribution in [3.05, 3.63) is 76.7 Å². The summed E-state index contributed by atoms with van der Waals surface area (Å²) in [6.45, 7) is 0.811. The SMILES string of the molecule is COc1cc(-c2cc3c(Nc4ccc(CN(C)C)cc4)c(C(=O)C4CC4)cnc3cc2F)cc(Cl)c1O. The molecular weight excluding hydrogens is 493 g/mol. The number of fused-ring (bicyclic) bond motifs is 1. The number of phenols is 1. The summed E-state index contributed by atoms with van der Waals surface area (Å²) in [7, 11) is 5.43. The Morgan fingerprint density at radius 3 is 2.57 bits per heavy atom. The number of nitrogens with zero attached hydrogens (tertiary/aromatic N) is 2. The van der Waals surface area contributed by atoms with Crippen molar-refractivity contribution < 1.29 is 19.0 Å². The van der Waals surface area contributed by atoms with Gasteiger partial charge in [0, 0.05) is 41.4 Å². The lowest BCUT2D eigenvalue weighted by Crippen LogP contribution is -2.10. The Morgan fingerprint density at radius 1 is 1.19 bits per heavy atom. The molecule has 190 valence electrons. The molecule has 0 radical (unpaired) electrons. The van der Waals surface area contributed by atoms with Crippen molar-refractivity contribution in [3.8, 4) is 22.6 Å². The van der Waals surface area contributed by atoms with Crippen LogP contribution in [-0.4, -0.2) is 42.0 Å². The Morgan fingerprint density at radius 2 is 1.92 bits per heavy atom. The number of carbonyl (C=O) groups excluding carboxylic acids is 1. The molecule has 1 aliphatic carbocycles. The molecule has 2 N–H and O–H groups in total. The number of Topliss-reactive ketones (excluding diaryl/α,β-unsaturated/α-hetero) is 1. The zero-order chi connectivity index (χ0) is 26.3. The molecule has 37 heavy (non-hydrogen) atoms. The van der Waals surface area contributed by atoms with E-state index in [0.29, 0.717) is 27.7 Å². The highest BCUT2D eigenvalue weighted by Gasteiger charge is 2.32. The van der Waals surface area contributed by atoms with Gasteiger partial charge in [0.25, 0.3) is 0 Å². The maximum Gasteiger partial charge on any atom is 0.176 e. The summed E-state index contributed by atoms with van der Waals surface area (Å²) < 4.78 is 20.5. The molecule has 6 nitrogen and oxygen atoms in total. The quantitative estimate of drug-likeness (QED) is 0.249. The molecule has 0 unspecified atom stereocenters. The highest BCUT2D eigenvalue weighted by atomic mass is 35.5. The summed E-state index contributed by atoms with van der Waals surface area (Å²) >= 11 is 6.18. The third-order valence-electron chi connectivity index (χ3n) is 6.45. The van der Waals surface area contributed by atoms with E-state index in [-0.39, 0.29) is 33.8 Å². The van der Waals surface area contributed by atoms with Crippen molar-refractivity contribution in [2.45, 2.75) is 19.4 Å². The largest absolute Gasteiger partial charge is 0.503 e. The fraction of sp³-hybridized carbons (Fsp3) is 0.241. The van der Waals surface area contributed by atoms with Crippen LogP contribution < -0.4 is 10.1 Å². The minimum absolute atomic E-state index is 0.0117. The number of aromatic nitrogens is 1. The molecule has 0 amide bonds. The minimum Gasteiger partial charge on any atom is -0.503 e. The molecule has 0 spiro atoms. The number of halogens is 2. The van der Waals surface area contributed by atoms with Gasteiger partial charge in [-0.2, -0.15) is 0 Å². The molecule has 0 aliphatic heterocycles. The average molecular weight is 520 g/mol. The van der Waals surface area contributed by atoms with Crippen molar-refractivity contribution in [1.29, 1.82) is 0 Å². The van der Waals surface area contributed by atoms with E-state index in [4.69, 9.17) is 16.3 Å². The molecule has 1 heterocycles. The van der Waals surface area contributed by atoms with Crippen molar-refractivity contribution >= 4 is 39.7 Å². The molecular formula is C29H27ClFN3O3. The van der Waals surface area contributed by atoms with Gasteiger partial charge in [-0.3, -0.25) is 9.78 Å². The number of hydrogen-bond acceptors (Lipinski definition) is 6. The van der Waals surface area contributed by atoms with Crippen molar-refractivity contribution in [2.75, 3.05) is 26.5 Å². The number of carbonyl (C=O) groups is 1. The second kappa shape index (κ2) is 10.00. The first-order valence-corrected chi connectivity index (χ1v) is 12.4. The summed E-state index contributed by atoms with van der Waals surface area (Å²) in [5, 5.41) is 14.2. The van der Waals surface area contributed by atoms with Crippen LogP contribution >= 0.6 is 11.6 Å². The minimum atomic E-state index is -0.510. The predicted octanol–water partition coefficient (Wildman–Crippen LogP) is 6.81. The summed E-state index contributed by atoms with van der Waals surface area (Å²) in [4.78, 5) is 19.7. The average Bonchev–Trinajstić information content (AvgIpc) is 3.71. The van der Waals surface area contributed by atoms with Crippen LogP contribution in [0.1, 0.15) is 28.8 Å². The lowest BCUT2D eigenvalue weighted by molar-refractivity contribution is 0.0968. The molecule has 3 aromatic carbocycles. The first kappa shape index (κ1) is 25.0. The van der Waals surface area contributed by atoms with Crippen molar-refractivity contribution in [3.63, 3.8) is 0 Å². The molecule has 0 saturated heterocycles. The Labute approximate surface area is 219 Å². The van der Waals surface area contributed by atoms with E-state index in [1.54, 1.807) is 6.07 Å². The molecule has 1 saturated carbocycles. The third-order valence-corrected chi connectivity index (χ3v) is 6.74. The van der Waals surface area contributed by atoms with Gasteiger partial charge in [-0.25, -0.2) is 4.39 Å². The number of methoxy groups -OCH3 is 1. The van der Waals surface area contributed by atoms with Gasteiger partial charge in [0.05, 0.1) is 28.9 Å². The smallest absolute Gasteiger partial charge is 0.176 e. The molecule has 1 fully saturated rings. The standard InChI is InChI=1S/C29H27ClFN3O3/c1-34(2)15-16-4-8-19(9-5-16)33-27-21-12-20(18-10-23(30)29(36)26(11-18)37-3)24(31)13-25(21)32-14-22(27)28(35)17-6-7-17/h4-5,8-14,17,36H,6-7,15H2,1-3H3,(H,32,33). The maximum absolute atomic E-state index is 15.3. The van der Waals surface area contributed by atoms with Crippen LogP contribution in [0.15, 0.2) is 54.7 Å². The van der Waals surface area contributed by atoms with Crippen LogP contribution in [0.4, 0.5) is 15.8 Å². The lowest BCUT2D eigenvalue weighted by Gasteiger charge is -2.17.